The number of hydrogen-bond donors (Lipinski definition) is 1. The summed E-state index contributed by atoms with van der Waals surface area (Å²) in [6.07, 6.45) is 1.02. The lowest BCUT2D eigenvalue weighted by Gasteiger charge is -2.03. The van der Waals surface area contributed by atoms with Crippen LogP contribution in [0.5, 0.6) is 0 Å². The maximum Gasteiger partial charge on any atom is 0.0770 e. The van der Waals surface area contributed by atoms with Crippen molar-refractivity contribution in [1.29, 1.82) is 0 Å². The lowest BCUT2D eigenvalue weighted by molar-refractivity contribution is 0.201. The van der Waals surface area contributed by atoms with Crippen LogP contribution in [0.4, 0.5) is 0 Å². The minimum Gasteiger partial charge on any atom is -0.392 e. The van der Waals surface area contributed by atoms with Gasteiger partial charge in [0.25, 0.3) is 0 Å². The smallest absolute Gasteiger partial charge is 0.0770 e. The monoisotopic (exact) mass is 120 g/mol. The van der Waals surface area contributed by atoms with E-state index in [1.165, 1.54) is 6.08 Å². The van der Waals surface area contributed by atoms with Gasteiger partial charge in [0.1, 0.15) is 0 Å². The van der Waals surface area contributed by atoms with Crippen molar-refractivity contribution in [3.63, 3.8) is 0 Å². The number of aliphatic hydroxyl groups is 1. The first-order chi connectivity index (χ1) is 3.18. The molecule has 0 aromatic heterocycles. The largest absolute Gasteiger partial charge is 0.392 e. The van der Waals surface area contributed by atoms with Crippen molar-refractivity contribution < 1.29 is 5.11 Å². The Bertz CT molecular complexity index is 61.1. The van der Waals surface area contributed by atoms with Gasteiger partial charge in [-0.25, -0.2) is 0 Å². The van der Waals surface area contributed by atoms with E-state index in [1.807, 2.05) is 0 Å². The zero-order chi connectivity index (χ0) is 5.86. The molecule has 2 atom stereocenters. The number of hydrogen-bond acceptors (Lipinski definition) is 1. The highest BCUT2D eigenvalue weighted by atomic mass is 35.5. The first-order valence-electron chi connectivity index (χ1n) is 2.13. The Morgan fingerprint density at radius 1 is 1.86 bits per heavy atom. The van der Waals surface area contributed by atoms with E-state index in [4.69, 9.17) is 16.7 Å². The summed E-state index contributed by atoms with van der Waals surface area (Å²) < 4.78 is 0. The van der Waals surface area contributed by atoms with Crippen LogP contribution < -0.4 is 0 Å². The molecule has 0 fully saturated rings. The molecule has 0 saturated heterocycles. The molecule has 0 aromatic rings. The molecular weight excluding hydrogens is 112 g/mol. The van der Waals surface area contributed by atoms with Gasteiger partial charge in [-0.1, -0.05) is 6.08 Å². The maximum absolute atomic E-state index is 8.62. The van der Waals surface area contributed by atoms with Gasteiger partial charge in [0.15, 0.2) is 0 Å². The van der Waals surface area contributed by atoms with Crippen molar-refractivity contribution in [3.8, 4) is 0 Å². The quantitative estimate of drug-likeness (QED) is 0.428. The second kappa shape index (κ2) is 3.05. The summed E-state index contributed by atoms with van der Waals surface area (Å²) in [6.45, 7) is 5.01. The zero-order valence-corrected chi connectivity index (χ0v) is 5.02. The first-order valence-corrected chi connectivity index (χ1v) is 2.57. The summed E-state index contributed by atoms with van der Waals surface area (Å²) in [5, 5.41) is 8.31. The lowest BCUT2D eigenvalue weighted by atomic mass is 10.3. The van der Waals surface area contributed by atoms with E-state index in [0.717, 1.165) is 0 Å². The zero-order valence-electron chi connectivity index (χ0n) is 4.26. The minimum atomic E-state index is -0.487. The van der Waals surface area contributed by atoms with Crippen LogP contribution in [0.15, 0.2) is 12.7 Å². The number of alkyl halides is 1. The Kier molecular flexibility index (Phi) is 3.05. The van der Waals surface area contributed by atoms with Crippen molar-refractivity contribution in [1.82, 2.24) is 0 Å². The van der Waals surface area contributed by atoms with E-state index in [2.05, 4.69) is 6.58 Å². The number of aliphatic hydroxyl groups excluding tert-OH is 1. The lowest BCUT2D eigenvalue weighted by Crippen LogP contribution is -2.12. The van der Waals surface area contributed by atoms with Gasteiger partial charge in [0.05, 0.1) is 11.5 Å². The highest BCUT2D eigenvalue weighted by Crippen LogP contribution is 2.01. The Morgan fingerprint density at radius 3 is 2.29 bits per heavy atom. The number of rotatable bonds is 2. The topological polar surface area (TPSA) is 20.2 Å². The molecule has 0 aromatic carbocycles. The Hall–Kier alpha value is -0.0100. The predicted octanol–water partition coefficient (Wildman–Crippen LogP) is 1.16. The number of halogens is 1. The summed E-state index contributed by atoms with van der Waals surface area (Å²) in [7, 11) is 0. The fraction of sp³-hybridized carbons (Fsp3) is 0.600. The van der Waals surface area contributed by atoms with Crippen molar-refractivity contribution in [2.24, 2.45) is 0 Å². The molecule has 0 rings (SSSR count). The van der Waals surface area contributed by atoms with Gasteiger partial charge < -0.3 is 5.11 Å². The third-order valence-electron chi connectivity index (χ3n) is 0.686. The summed E-state index contributed by atoms with van der Waals surface area (Å²) in [5.74, 6) is 0. The summed E-state index contributed by atoms with van der Waals surface area (Å²) >= 11 is 5.43. The summed E-state index contributed by atoms with van der Waals surface area (Å²) in [5.41, 5.74) is 0. The van der Waals surface area contributed by atoms with Gasteiger partial charge in [-0.3, -0.25) is 0 Å². The molecule has 2 heteroatoms. The molecule has 1 N–H and O–H groups in total. The van der Waals surface area contributed by atoms with Crippen molar-refractivity contribution in [2.75, 3.05) is 0 Å². The standard InChI is InChI=1S/C5H9ClO/c1-3-5(6)4(2)7/h3-5,7H,1H2,2H3. The van der Waals surface area contributed by atoms with Crippen LogP contribution in [0.1, 0.15) is 6.92 Å². The normalized spacial score (nSPS) is 18.1. The fourth-order valence-corrected chi connectivity index (χ4v) is 0.197. The average molecular weight is 121 g/mol. The van der Waals surface area contributed by atoms with E-state index in [9.17, 15) is 0 Å². The van der Waals surface area contributed by atoms with Crippen LogP contribution in [0.3, 0.4) is 0 Å². The van der Waals surface area contributed by atoms with Crippen LogP contribution in [-0.2, 0) is 0 Å². The molecule has 0 aliphatic carbocycles. The molecular formula is C5H9ClO. The van der Waals surface area contributed by atoms with Crippen molar-refractivity contribution in [2.45, 2.75) is 18.4 Å². The van der Waals surface area contributed by atoms with Crippen LogP contribution in [0.2, 0.25) is 0 Å². The summed E-state index contributed by atoms with van der Waals surface area (Å²) in [4.78, 5) is 0. The second-order valence-corrected chi connectivity index (χ2v) is 1.92. The van der Waals surface area contributed by atoms with Crippen LogP contribution in [0.25, 0.3) is 0 Å². The highest BCUT2D eigenvalue weighted by molar-refractivity contribution is 6.22. The Morgan fingerprint density at radius 2 is 2.29 bits per heavy atom. The van der Waals surface area contributed by atoms with Crippen LogP contribution in [-0.4, -0.2) is 16.6 Å². The van der Waals surface area contributed by atoms with E-state index >= 15 is 0 Å². The van der Waals surface area contributed by atoms with Crippen molar-refractivity contribution >= 4 is 11.6 Å². The van der Waals surface area contributed by atoms with Gasteiger partial charge >= 0.3 is 0 Å². The Balaban J connectivity index is 3.33. The molecule has 0 heterocycles. The minimum absolute atomic E-state index is 0.306. The Labute approximate surface area is 48.6 Å². The van der Waals surface area contributed by atoms with E-state index in [0.29, 0.717) is 0 Å². The van der Waals surface area contributed by atoms with Gasteiger partial charge in [-0.2, -0.15) is 0 Å². The SMILES string of the molecule is C=CC(Cl)C(C)O. The molecule has 0 amide bonds. The fourth-order valence-electron chi connectivity index (χ4n) is 0.197. The molecule has 0 radical (unpaired) electrons. The molecule has 1 nitrogen and oxygen atoms in total. The highest BCUT2D eigenvalue weighted by Gasteiger charge is 2.03. The molecule has 0 bridgehead atoms. The molecule has 0 spiro atoms. The maximum atomic E-state index is 8.62. The van der Waals surface area contributed by atoms with E-state index in [-0.39, 0.29) is 5.38 Å². The van der Waals surface area contributed by atoms with Crippen LogP contribution >= 0.6 is 11.6 Å². The molecule has 42 valence electrons. The van der Waals surface area contributed by atoms with E-state index in [1.54, 1.807) is 6.92 Å². The van der Waals surface area contributed by atoms with Gasteiger partial charge in [-0.15, -0.1) is 18.2 Å². The van der Waals surface area contributed by atoms with Crippen molar-refractivity contribution in [3.05, 3.63) is 12.7 Å². The first kappa shape index (κ1) is 6.99. The van der Waals surface area contributed by atoms with Gasteiger partial charge in [0.2, 0.25) is 0 Å². The summed E-state index contributed by atoms with van der Waals surface area (Å²) in [6, 6.07) is 0. The second-order valence-electron chi connectivity index (χ2n) is 1.42. The molecule has 0 saturated carbocycles. The van der Waals surface area contributed by atoms with Gasteiger partial charge in [-0.05, 0) is 6.92 Å². The third kappa shape index (κ3) is 2.66. The van der Waals surface area contributed by atoms with Crippen LogP contribution in [0, 0.1) is 0 Å². The molecule has 2 unspecified atom stereocenters. The van der Waals surface area contributed by atoms with Gasteiger partial charge in [0, 0.05) is 0 Å². The van der Waals surface area contributed by atoms with E-state index < -0.39 is 6.10 Å². The molecule has 0 aliphatic rings. The predicted molar refractivity (Wildman–Crippen MR) is 31.5 cm³/mol. The molecule has 7 heavy (non-hydrogen) atoms. The average Bonchev–Trinajstić information content (AvgIpc) is 1.65. The third-order valence-corrected chi connectivity index (χ3v) is 1.23. The molecule has 0 aliphatic heterocycles.